The third-order valence-corrected chi connectivity index (χ3v) is 3.71. The smallest absolute Gasteiger partial charge is 0.301 e. The van der Waals surface area contributed by atoms with E-state index in [1.807, 2.05) is 0 Å². The summed E-state index contributed by atoms with van der Waals surface area (Å²) >= 11 is 0. The summed E-state index contributed by atoms with van der Waals surface area (Å²) in [5.41, 5.74) is -1.12. The molecule has 2 aromatic carbocycles. The van der Waals surface area contributed by atoms with Crippen LogP contribution in [-0.2, 0) is 5.79 Å². The molecule has 0 spiro atoms. The maximum absolute atomic E-state index is 12.3. The van der Waals surface area contributed by atoms with Gasteiger partial charge in [0.1, 0.15) is 22.8 Å². The van der Waals surface area contributed by atoms with E-state index in [2.05, 4.69) is 0 Å². The van der Waals surface area contributed by atoms with E-state index in [1.54, 1.807) is 0 Å². The first-order valence-electron chi connectivity index (χ1n) is 6.57. The summed E-state index contributed by atoms with van der Waals surface area (Å²) in [4.78, 5) is 12.3. The minimum absolute atomic E-state index is 0.468. The van der Waals surface area contributed by atoms with Gasteiger partial charge in [0.15, 0.2) is 11.5 Å². The number of phenolic OH excluding ortho intramolecular Hbond substituents is 4. The molecule has 0 radical (unpaired) electrons. The van der Waals surface area contributed by atoms with Crippen LogP contribution in [0, 0.1) is 0 Å². The number of Topliss-reactive ketones (excluding diaryl/α,β-unsaturated/α-hetero) is 1. The topological polar surface area (TPSA) is 168 Å². The maximum Gasteiger partial charge on any atom is 0.301 e. The third kappa shape index (κ3) is 1.96. The van der Waals surface area contributed by atoms with Gasteiger partial charge in [-0.3, -0.25) is 4.79 Å². The fraction of sp³-hybridized carbons (Fsp3) is 0.133. The van der Waals surface area contributed by atoms with Gasteiger partial charge in [-0.2, -0.15) is 0 Å². The first-order valence-corrected chi connectivity index (χ1v) is 6.57. The van der Waals surface area contributed by atoms with Crippen molar-refractivity contribution in [2.45, 2.75) is 11.6 Å². The number of aromatic hydroxyl groups is 4. The Morgan fingerprint density at radius 1 is 0.833 bits per heavy atom. The molecule has 3 rings (SSSR count). The summed E-state index contributed by atoms with van der Waals surface area (Å²) in [6, 6.07) is 4.34. The van der Waals surface area contributed by atoms with E-state index in [0.29, 0.717) is 0 Å². The minimum Gasteiger partial charge on any atom is -0.508 e. The van der Waals surface area contributed by atoms with Crippen molar-refractivity contribution >= 4 is 5.78 Å². The maximum atomic E-state index is 12.3. The predicted molar refractivity (Wildman–Crippen MR) is 75.6 cm³/mol. The fourth-order valence-corrected chi connectivity index (χ4v) is 2.45. The van der Waals surface area contributed by atoms with Crippen LogP contribution in [0.25, 0.3) is 0 Å². The Balaban J connectivity index is 2.25. The van der Waals surface area contributed by atoms with Crippen LogP contribution in [0.3, 0.4) is 0 Å². The van der Waals surface area contributed by atoms with E-state index >= 15 is 0 Å². The highest BCUT2D eigenvalue weighted by Gasteiger charge is 2.62. The van der Waals surface area contributed by atoms with Gasteiger partial charge in [0.05, 0.1) is 0 Å². The summed E-state index contributed by atoms with van der Waals surface area (Å²) in [7, 11) is 0. The van der Waals surface area contributed by atoms with Crippen LogP contribution in [0.4, 0.5) is 0 Å². The van der Waals surface area contributed by atoms with Crippen molar-refractivity contribution in [2.75, 3.05) is 0 Å². The molecule has 7 N–H and O–H groups in total. The second-order valence-corrected chi connectivity index (χ2v) is 5.29. The van der Waals surface area contributed by atoms with Crippen LogP contribution < -0.4 is 4.74 Å². The van der Waals surface area contributed by atoms with E-state index in [4.69, 9.17) is 4.74 Å². The Bertz CT molecular complexity index is 858. The van der Waals surface area contributed by atoms with Crippen molar-refractivity contribution in [3.05, 3.63) is 41.5 Å². The van der Waals surface area contributed by atoms with Gasteiger partial charge in [-0.1, -0.05) is 0 Å². The standard InChI is InChI=1S/C15H12O9/c16-7-4-10(19)12-11(5-7)24-15(23,14(21,22)13(12)20)6-1-2-8(17)9(18)3-6/h1-5,16-19,21-23H. The zero-order valence-corrected chi connectivity index (χ0v) is 11.8. The van der Waals surface area contributed by atoms with Gasteiger partial charge in [-0.15, -0.1) is 0 Å². The lowest BCUT2D eigenvalue weighted by molar-refractivity contribution is -0.328. The van der Waals surface area contributed by atoms with Gasteiger partial charge in [0.25, 0.3) is 5.79 Å². The van der Waals surface area contributed by atoms with Gasteiger partial charge in [-0.05, 0) is 18.2 Å². The first kappa shape index (κ1) is 15.9. The molecular weight excluding hydrogens is 324 g/mol. The number of hydrogen-bond donors (Lipinski definition) is 7. The summed E-state index contributed by atoms with van der Waals surface area (Å²) in [6.07, 6.45) is 0. The number of phenols is 4. The summed E-state index contributed by atoms with van der Waals surface area (Å²) in [5.74, 6) is -11.2. The lowest BCUT2D eigenvalue weighted by atomic mass is 9.86. The molecule has 1 unspecified atom stereocenters. The molecule has 0 saturated heterocycles. The van der Waals surface area contributed by atoms with Crippen molar-refractivity contribution in [3.63, 3.8) is 0 Å². The number of rotatable bonds is 1. The van der Waals surface area contributed by atoms with E-state index in [0.717, 1.165) is 30.3 Å². The molecule has 24 heavy (non-hydrogen) atoms. The Labute approximate surface area is 133 Å². The molecule has 9 nitrogen and oxygen atoms in total. The average Bonchev–Trinajstić information content (AvgIpc) is 2.47. The van der Waals surface area contributed by atoms with Crippen LogP contribution in [0.5, 0.6) is 28.7 Å². The quantitative estimate of drug-likeness (QED) is 0.271. The number of hydrogen-bond acceptors (Lipinski definition) is 9. The van der Waals surface area contributed by atoms with Crippen molar-refractivity contribution < 1.29 is 45.3 Å². The molecule has 2 aromatic rings. The highest BCUT2D eigenvalue weighted by molar-refractivity contribution is 6.07. The van der Waals surface area contributed by atoms with Gasteiger partial charge in [0, 0.05) is 17.7 Å². The SMILES string of the molecule is O=C1c2c(O)cc(O)cc2OC(O)(c2ccc(O)c(O)c2)C1(O)O. The van der Waals surface area contributed by atoms with E-state index in [1.165, 1.54) is 0 Å². The van der Waals surface area contributed by atoms with Gasteiger partial charge >= 0.3 is 5.79 Å². The van der Waals surface area contributed by atoms with Crippen molar-refractivity contribution in [2.24, 2.45) is 0 Å². The normalized spacial score (nSPS) is 21.9. The van der Waals surface area contributed by atoms with Crippen LogP contribution >= 0.6 is 0 Å². The van der Waals surface area contributed by atoms with Crippen molar-refractivity contribution in [3.8, 4) is 28.7 Å². The van der Waals surface area contributed by atoms with E-state index < -0.39 is 57.2 Å². The Kier molecular flexibility index (Phi) is 3.14. The number of fused-ring (bicyclic) bond motifs is 1. The van der Waals surface area contributed by atoms with Crippen LogP contribution in [-0.4, -0.2) is 47.3 Å². The molecule has 0 amide bonds. The Morgan fingerprint density at radius 3 is 2.12 bits per heavy atom. The monoisotopic (exact) mass is 336 g/mol. The zero-order valence-electron chi connectivity index (χ0n) is 11.8. The largest absolute Gasteiger partial charge is 0.508 e. The number of ketones is 1. The Morgan fingerprint density at radius 2 is 1.50 bits per heavy atom. The minimum atomic E-state index is -3.53. The molecule has 0 aromatic heterocycles. The molecule has 0 fully saturated rings. The molecule has 0 aliphatic carbocycles. The average molecular weight is 336 g/mol. The van der Waals surface area contributed by atoms with Gasteiger partial charge < -0.3 is 40.5 Å². The number of carbonyl (C=O) groups is 1. The number of benzene rings is 2. The van der Waals surface area contributed by atoms with E-state index in [9.17, 15) is 40.5 Å². The zero-order chi connectivity index (χ0) is 17.9. The second kappa shape index (κ2) is 4.74. The molecule has 0 bridgehead atoms. The lowest BCUT2D eigenvalue weighted by Crippen LogP contribution is -2.62. The number of carbonyl (C=O) groups excluding carboxylic acids is 1. The molecule has 1 atom stereocenters. The summed E-state index contributed by atoms with van der Waals surface area (Å²) in [5, 5.41) is 68.9. The van der Waals surface area contributed by atoms with Gasteiger partial charge in [0.2, 0.25) is 5.78 Å². The molecule has 1 aliphatic rings. The highest BCUT2D eigenvalue weighted by Crippen LogP contribution is 2.47. The predicted octanol–water partition coefficient (Wildman–Crippen LogP) is -0.390. The molecule has 1 aliphatic heterocycles. The molecular formula is C15H12O9. The van der Waals surface area contributed by atoms with Crippen molar-refractivity contribution in [1.29, 1.82) is 0 Å². The number of ether oxygens (including phenoxy) is 1. The summed E-state index contributed by atoms with van der Waals surface area (Å²) < 4.78 is 5.07. The van der Waals surface area contributed by atoms with Crippen LogP contribution in [0.15, 0.2) is 30.3 Å². The van der Waals surface area contributed by atoms with Gasteiger partial charge in [-0.25, -0.2) is 0 Å². The molecule has 9 heteroatoms. The molecule has 126 valence electrons. The van der Waals surface area contributed by atoms with Crippen LogP contribution in [0.2, 0.25) is 0 Å². The summed E-state index contributed by atoms with van der Waals surface area (Å²) in [6.45, 7) is 0. The molecule has 1 heterocycles. The Hall–Kier alpha value is -3.01. The van der Waals surface area contributed by atoms with Crippen LogP contribution in [0.1, 0.15) is 15.9 Å². The van der Waals surface area contributed by atoms with E-state index in [-0.39, 0.29) is 0 Å². The highest BCUT2D eigenvalue weighted by atomic mass is 16.7. The number of aliphatic hydroxyl groups is 3. The molecule has 0 saturated carbocycles. The first-order chi connectivity index (χ1) is 11.1. The third-order valence-electron chi connectivity index (χ3n) is 3.71. The second-order valence-electron chi connectivity index (χ2n) is 5.29. The fourth-order valence-electron chi connectivity index (χ4n) is 2.45. The van der Waals surface area contributed by atoms with Crippen molar-refractivity contribution in [1.82, 2.24) is 0 Å². The lowest BCUT2D eigenvalue weighted by Gasteiger charge is -2.42.